The standard InChI is InChI=1S/C33H35FN2O2/c1-35(2)32(25-8-6-9-26(34)22-25)16-18-33(19-17-32)30-21-24-7-4-5-10-28(24)29(30)15-20-36(33)31(37)23-11-13-27(38-3)14-12-23/h4-14,22H,15-21H2,1-3H3. The number of amides is 1. The van der Waals surface area contributed by atoms with Crippen molar-refractivity contribution in [3.63, 3.8) is 0 Å². The van der Waals surface area contributed by atoms with Gasteiger partial charge < -0.3 is 9.64 Å². The molecule has 0 unspecified atom stereocenters. The van der Waals surface area contributed by atoms with Gasteiger partial charge >= 0.3 is 0 Å². The largest absolute Gasteiger partial charge is 0.497 e. The van der Waals surface area contributed by atoms with Crippen LogP contribution < -0.4 is 4.74 Å². The summed E-state index contributed by atoms with van der Waals surface area (Å²) < 4.78 is 19.7. The van der Waals surface area contributed by atoms with Crippen LogP contribution in [-0.2, 0) is 12.0 Å². The Kier molecular flexibility index (Phi) is 6.14. The van der Waals surface area contributed by atoms with Gasteiger partial charge in [0, 0.05) is 17.6 Å². The van der Waals surface area contributed by atoms with Crippen molar-refractivity contribution in [2.24, 2.45) is 0 Å². The normalized spacial score (nSPS) is 24.5. The number of carbonyl (C=O) groups excluding carboxylic acids is 1. The Morgan fingerprint density at radius 3 is 2.37 bits per heavy atom. The molecule has 3 aliphatic rings. The minimum Gasteiger partial charge on any atom is -0.497 e. The summed E-state index contributed by atoms with van der Waals surface area (Å²) in [5.41, 5.74) is 6.66. The van der Waals surface area contributed by atoms with Crippen LogP contribution in [0.1, 0.15) is 59.2 Å². The third kappa shape index (κ3) is 3.79. The van der Waals surface area contributed by atoms with E-state index in [-0.39, 0.29) is 22.8 Å². The molecule has 0 atom stereocenters. The van der Waals surface area contributed by atoms with Crippen molar-refractivity contribution in [1.29, 1.82) is 0 Å². The summed E-state index contributed by atoms with van der Waals surface area (Å²) in [6.45, 7) is 0.701. The smallest absolute Gasteiger partial charge is 0.254 e. The highest BCUT2D eigenvalue weighted by Crippen LogP contribution is 2.55. The molecule has 38 heavy (non-hydrogen) atoms. The number of hydrogen-bond donors (Lipinski definition) is 0. The molecule has 0 saturated heterocycles. The number of rotatable bonds is 4. The van der Waals surface area contributed by atoms with Crippen molar-refractivity contribution in [2.45, 2.75) is 49.6 Å². The van der Waals surface area contributed by atoms with Gasteiger partial charge in [0.25, 0.3) is 5.91 Å². The summed E-state index contributed by atoms with van der Waals surface area (Å²) in [5, 5.41) is 0. The molecule has 1 fully saturated rings. The van der Waals surface area contributed by atoms with Gasteiger partial charge in [-0.25, -0.2) is 4.39 Å². The molecule has 4 nitrogen and oxygen atoms in total. The van der Waals surface area contributed by atoms with Crippen LogP contribution in [0.25, 0.3) is 5.57 Å². The predicted molar refractivity (Wildman–Crippen MR) is 149 cm³/mol. The molecule has 1 saturated carbocycles. The fraction of sp³-hybridized carbons (Fsp3) is 0.364. The Balaban J connectivity index is 1.42. The molecule has 1 aliphatic heterocycles. The summed E-state index contributed by atoms with van der Waals surface area (Å²) in [7, 11) is 5.83. The molecule has 0 radical (unpaired) electrons. The van der Waals surface area contributed by atoms with Gasteiger partial charge in [-0.05, 0) is 117 Å². The van der Waals surface area contributed by atoms with Gasteiger partial charge in [-0.2, -0.15) is 0 Å². The van der Waals surface area contributed by atoms with Crippen LogP contribution in [0.3, 0.4) is 0 Å². The van der Waals surface area contributed by atoms with Crippen LogP contribution in [0, 0.1) is 5.82 Å². The fourth-order valence-corrected chi connectivity index (χ4v) is 7.37. The average Bonchev–Trinajstić information content (AvgIpc) is 3.33. The van der Waals surface area contributed by atoms with Crippen molar-refractivity contribution >= 4 is 11.5 Å². The number of hydrogen-bond acceptors (Lipinski definition) is 3. The first kappa shape index (κ1) is 24.9. The molecule has 3 aromatic rings. The van der Waals surface area contributed by atoms with Crippen LogP contribution in [0.5, 0.6) is 5.75 Å². The van der Waals surface area contributed by atoms with Gasteiger partial charge in [0.2, 0.25) is 0 Å². The summed E-state index contributed by atoms with van der Waals surface area (Å²) in [6, 6.07) is 23.3. The molecule has 1 amide bonds. The first-order valence-electron chi connectivity index (χ1n) is 13.6. The summed E-state index contributed by atoms with van der Waals surface area (Å²) in [4.78, 5) is 18.6. The second kappa shape index (κ2) is 9.39. The SMILES string of the molecule is COc1ccc(C(=O)N2CCC3=C(Cc4ccccc43)C23CCC(c2cccc(F)c2)(N(C)C)CC3)cc1. The highest BCUT2D eigenvalue weighted by Gasteiger charge is 2.54. The monoisotopic (exact) mass is 510 g/mol. The lowest BCUT2D eigenvalue weighted by atomic mass is 9.63. The topological polar surface area (TPSA) is 32.8 Å². The molecular weight excluding hydrogens is 475 g/mol. The van der Waals surface area contributed by atoms with Crippen LogP contribution in [0.4, 0.5) is 4.39 Å². The van der Waals surface area contributed by atoms with Gasteiger partial charge in [0.05, 0.1) is 12.6 Å². The summed E-state index contributed by atoms with van der Waals surface area (Å²) in [5.74, 6) is 0.627. The van der Waals surface area contributed by atoms with Crippen molar-refractivity contribution in [2.75, 3.05) is 27.7 Å². The van der Waals surface area contributed by atoms with E-state index >= 15 is 0 Å². The maximum atomic E-state index is 14.4. The van der Waals surface area contributed by atoms with E-state index < -0.39 is 0 Å². The van der Waals surface area contributed by atoms with Gasteiger partial charge in [0.15, 0.2) is 0 Å². The van der Waals surface area contributed by atoms with Gasteiger partial charge in [0.1, 0.15) is 11.6 Å². The first-order chi connectivity index (χ1) is 18.4. The molecule has 5 heteroatoms. The quantitative estimate of drug-likeness (QED) is 0.404. The van der Waals surface area contributed by atoms with Crippen molar-refractivity contribution in [1.82, 2.24) is 9.80 Å². The van der Waals surface area contributed by atoms with E-state index in [1.165, 1.54) is 28.3 Å². The first-order valence-corrected chi connectivity index (χ1v) is 13.6. The number of carbonyl (C=O) groups is 1. The van der Waals surface area contributed by atoms with Crippen molar-refractivity contribution in [3.8, 4) is 5.75 Å². The third-order valence-electron chi connectivity index (χ3n) is 9.44. The van der Waals surface area contributed by atoms with Gasteiger partial charge in [-0.1, -0.05) is 36.4 Å². The molecule has 6 rings (SSSR count). The minimum absolute atomic E-state index is 0.0817. The lowest BCUT2D eigenvalue weighted by Crippen LogP contribution is -2.60. The number of nitrogens with zero attached hydrogens (tertiary/aromatic N) is 2. The Bertz CT molecular complexity index is 1400. The van der Waals surface area contributed by atoms with Gasteiger partial charge in [-0.3, -0.25) is 9.69 Å². The third-order valence-corrected chi connectivity index (χ3v) is 9.44. The van der Waals surface area contributed by atoms with Crippen LogP contribution in [-0.4, -0.2) is 49.0 Å². The molecule has 0 aromatic heterocycles. The fourth-order valence-electron chi connectivity index (χ4n) is 7.37. The second-order valence-electron chi connectivity index (χ2n) is 11.2. The number of methoxy groups -OCH3 is 1. The van der Waals surface area contributed by atoms with Crippen molar-refractivity contribution in [3.05, 3.63) is 106 Å². The van der Waals surface area contributed by atoms with Crippen LogP contribution >= 0.6 is 0 Å². The zero-order valence-electron chi connectivity index (χ0n) is 22.5. The lowest BCUT2D eigenvalue weighted by Gasteiger charge is -2.56. The highest BCUT2D eigenvalue weighted by atomic mass is 19.1. The van der Waals surface area contributed by atoms with Crippen molar-refractivity contribution < 1.29 is 13.9 Å². The van der Waals surface area contributed by atoms with E-state index in [9.17, 15) is 9.18 Å². The second-order valence-corrected chi connectivity index (χ2v) is 11.2. The number of fused-ring (bicyclic) bond motifs is 3. The molecule has 0 N–H and O–H groups in total. The maximum Gasteiger partial charge on any atom is 0.254 e. The van der Waals surface area contributed by atoms with Crippen LogP contribution in [0.2, 0.25) is 0 Å². The lowest BCUT2D eigenvalue weighted by molar-refractivity contribution is 0.00714. The Morgan fingerprint density at radius 1 is 0.947 bits per heavy atom. The molecular formula is C33H35FN2O2. The molecule has 0 bridgehead atoms. The van der Waals surface area contributed by atoms with E-state index in [1.54, 1.807) is 13.2 Å². The molecule has 3 aromatic carbocycles. The Labute approximate surface area is 224 Å². The zero-order chi connectivity index (χ0) is 26.5. The molecule has 196 valence electrons. The highest BCUT2D eigenvalue weighted by molar-refractivity contribution is 5.96. The van der Waals surface area contributed by atoms with E-state index in [1.807, 2.05) is 30.3 Å². The summed E-state index contributed by atoms with van der Waals surface area (Å²) in [6.07, 6.45) is 5.16. The van der Waals surface area contributed by atoms with E-state index in [0.29, 0.717) is 12.1 Å². The maximum absolute atomic E-state index is 14.4. The zero-order valence-corrected chi connectivity index (χ0v) is 22.5. The van der Waals surface area contributed by atoms with E-state index in [4.69, 9.17) is 4.74 Å². The molecule has 2 aliphatic carbocycles. The Morgan fingerprint density at radius 2 is 1.68 bits per heavy atom. The molecule has 1 heterocycles. The Hall–Kier alpha value is -3.44. The number of benzene rings is 3. The molecule has 1 spiro atoms. The number of halogens is 1. The van der Waals surface area contributed by atoms with Crippen LogP contribution in [0.15, 0.2) is 78.4 Å². The predicted octanol–water partition coefficient (Wildman–Crippen LogP) is 6.46. The minimum atomic E-state index is -0.351. The van der Waals surface area contributed by atoms with E-state index in [2.05, 4.69) is 54.2 Å². The van der Waals surface area contributed by atoms with E-state index in [0.717, 1.165) is 49.8 Å². The summed E-state index contributed by atoms with van der Waals surface area (Å²) >= 11 is 0. The number of ether oxygens (including phenoxy) is 1. The van der Waals surface area contributed by atoms with Gasteiger partial charge in [-0.15, -0.1) is 0 Å². The average molecular weight is 511 g/mol.